The van der Waals surface area contributed by atoms with Crippen molar-refractivity contribution in [2.75, 3.05) is 25.6 Å². The average Bonchev–Trinajstić information content (AvgIpc) is 3.00. The lowest BCUT2D eigenvalue weighted by molar-refractivity contribution is -0.127. The number of nitrogens with one attached hydrogen (secondary N) is 3. The van der Waals surface area contributed by atoms with Gasteiger partial charge in [-0.05, 0) is 81.2 Å². The second kappa shape index (κ2) is 20.0. The summed E-state index contributed by atoms with van der Waals surface area (Å²) in [5, 5.41) is 20.0. The molecule has 0 saturated carbocycles. The fourth-order valence-corrected chi connectivity index (χ4v) is 5.27. The summed E-state index contributed by atoms with van der Waals surface area (Å²) < 4.78 is 43.7. The molecule has 4 atom stereocenters. The summed E-state index contributed by atoms with van der Waals surface area (Å²) in [6, 6.07) is 8.84. The summed E-state index contributed by atoms with van der Waals surface area (Å²) in [4.78, 5) is 39.6. The lowest BCUT2D eigenvalue weighted by Gasteiger charge is -2.33. The van der Waals surface area contributed by atoms with Crippen LogP contribution < -0.4 is 20.7 Å². The number of anilines is 1. The maximum absolute atomic E-state index is 14.1. The number of ether oxygens (including phenoxy) is 3. The van der Waals surface area contributed by atoms with Gasteiger partial charge < -0.3 is 35.3 Å². The Kier molecular flexibility index (Phi) is 16.9. The lowest BCUT2D eigenvalue weighted by atomic mass is 9.81. The van der Waals surface area contributed by atoms with Crippen LogP contribution in [0.4, 0.5) is 19.3 Å². The van der Waals surface area contributed by atoms with E-state index in [-0.39, 0.29) is 61.0 Å². The predicted molar refractivity (Wildman–Crippen MR) is 185 cm³/mol. The van der Waals surface area contributed by atoms with Crippen molar-refractivity contribution in [3.05, 3.63) is 59.7 Å². The Hall–Kier alpha value is -3.77. The van der Waals surface area contributed by atoms with E-state index in [1.54, 1.807) is 40.0 Å². The number of benzene rings is 2. The first-order valence-electron chi connectivity index (χ1n) is 16.9. The van der Waals surface area contributed by atoms with Gasteiger partial charge in [0.05, 0.1) is 24.4 Å². The molecule has 4 N–H and O–H groups in total. The van der Waals surface area contributed by atoms with Crippen LogP contribution in [0.3, 0.4) is 0 Å². The molecule has 0 aliphatic rings. The summed E-state index contributed by atoms with van der Waals surface area (Å²) in [7, 11) is 1.58. The maximum Gasteiger partial charge on any atom is 0.407 e. The fraction of sp³-hybridized carbons (Fsp3) is 0.595. The Morgan fingerprint density at radius 1 is 0.898 bits per heavy atom. The largest absolute Gasteiger partial charge is 0.491 e. The molecule has 0 aliphatic heterocycles. The van der Waals surface area contributed by atoms with Crippen LogP contribution in [0.5, 0.6) is 5.75 Å². The van der Waals surface area contributed by atoms with Gasteiger partial charge in [-0.1, -0.05) is 39.8 Å². The third-order valence-electron chi connectivity index (χ3n) is 8.10. The Morgan fingerprint density at radius 2 is 1.55 bits per heavy atom. The number of amides is 3. The van der Waals surface area contributed by atoms with Crippen LogP contribution in [0.15, 0.2) is 42.5 Å². The Labute approximate surface area is 289 Å². The Balaban J connectivity index is 2.22. The number of alkyl carbamates (subject to hydrolysis) is 1. The van der Waals surface area contributed by atoms with Gasteiger partial charge in [0.1, 0.15) is 23.0 Å². The Morgan fingerprint density at radius 3 is 2.14 bits per heavy atom. The van der Waals surface area contributed by atoms with Gasteiger partial charge in [-0.2, -0.15) is 0 Å². The Bertz CT molecular complexity index is 1330. The number of aliphatic hydroxyl groups excluding tert-OH is 1. The number of carbonyl (C=O) groups is 3. The number of carbonyl (C=O) groups excluding carboxylic acids is 3. The van der Waals surface area contributed by atoms with Crippen LogP contribution in [0, 0.1) is 35.3 Å². The summed E-state index contributed by atoms with van der Waals surface area (Å²) in [5.74, 6) is -2.43. The highest BCUT2D eigenvalue weighted by Crippen LogP contribution is 2.29. The predicted octanol–water partition coefficient (Wildman–Crippen LogP) is 6.60. The van der Waals surface area contributed by atoms with Gasteiger partial charge in [-0.3, -0.25) is 9.59 Å². The van der Waals surface area contributed by atoms with Gasteiger partial charge in [-0.25, -0.2) is 13.6 Å². The smallest absolute Gasteiger partial charge is 0.407 e. The molecule has 12 heteroatoms. The third kappa shape index (κ3) is 15.5. The van der Waals surface area contributed by atoms with Crippen molar-refractivity contribution >= 4 is 23.6 Å². The van der Waals surface area contributed by atoms with Crippen molar-refractivity contribution in [2.24, 2.45) is 23.7 Å². The van der Waals surface area contributed by atoms with Gasteiger partial charge >= 0.3 is 6.09 Å². The first kappa shape index (κ1) is 41.4. The van der Waals surface area contributed by atoms with Gasteiger partial charge in [-0.15, -0.1) is 0 Å². The highest BCUT2D eigenvalue weighted by Gasteiger charge is 2.34. The molecule has 0 spiro atoms. The minimum absolute atomic E-state index is 0.00226. The molecule has 0 radical (unpaired) electrons. The second-order valence-corrected chi connectivity index (χ2v) is 14.1. The molecule has 0 heterocycles. The van der Waals surface area contributed by atoms with Crippen molar-refractivity contribution in [3.63, 3.8) is 0 Å². The van der Waals surface area contributed by atoms with E-state index < -0.39 is 41.5 Å². The first-order valence-corrected chi connectivity index (χ1v) is 16.9. The van der Waals surface area contributed by atoms with Crippen LogP contribution >= 0.6 is 0 Å². The topological polar surface area (TPSA) is 135 Å². The monoisotopic (exact) mass is 691 g/mol. The highest BCUT2D eigenvalue weighted by atomic mass is 19.1. The molecule has 274 valence electrons. The molecule has 0 aromatic heterocycles. The van der Waals surface area contributed by atoms with E-state index in [0.29, 0.717) is 25.4 Å². The quantitative estimate of drug-likeness (QED) is 0.122. The van der Waals surface area contributed by atoms with E-state index in [9.17, 15) is 28.3 Å². The molecule has 49 heavy (non-hydrogen) atoms. The minimum atomic E-state index is -1.17. The highest BCUT2D eigenvalue weighted by molar-refractivity contribution is 5.92. The molecule has 0 fully saturated rings. The molecular formula is C37H55F2N3O7. The fourth-order valence-electron chi connectivity index (χ4n) is 5.27. The van der Waals surface area contributed by atoms with Crippen LogP contribution in [0.2, 0.25) is 0 Å². The van der Waals surface area contributed by atoms with Crippen molar-refractivity contribution in [1.29, 1.82) is 0 Å². The number of hydrogen-bond acceptors (Lipinski definition) is 7. The van der Waals surface area contributed by atoms with Crippen LogP contribution in [0.1, 0.15) is 79.7 Å². The normalized spacial score (nSPS) is 14.1. The molecule has 2 aromatic carbocycles. The molecular weight excluding hydrogens is 636 g/mol. The van der Waals surface area contributed by atoms with E-state index in [1.807, 2.05) is 27.7 Å². The van der Waals surface area contributed by atoms with E-state index in [2.05, 4.69) is 16.0 Å². The molecule has 0 bridgehead atoms. The maximum atomic E-state index is 14.1. The number of rotatable bonds is 19. The molecule has 0 saturated heterocycles. The van der Waals surface area contributed by atoms with Crippen molar-refractivity contribution in [1.82, 2.24) is 10.6 Å². The zero-order valence-electron chi connectivity index (χ0n) is 30.1. The SMILES string of the molecule is COCCCOc1ccc(F)cc1NC(=O)C[C@@H](C[C@H](NC(=O)OC(C)(C)C)[C@@H](O)C[C@H](C(=O)NCc1ccc(F)cc1)C(C)C)C(C)C. The summed E-state index contributed by atoms with van der Waals surface area (Å²) in [5.41, 5.74) is 0.120. The number of halogens is 2. The van der Waals surface area contributed by atoms with E-state index in [1.165, 1.54) is 30.3 Å². The van der Waals surface area contributed by atoms with Crippen molar-refractivity contribution in [3.8, 4) is 5.75 Å². The zero-order valence-corrected chi connectivity index (χ0v) is 30.1. The van der Waals surface area contributed by atoms with Gasteiger partial charge in [0.2, 0.25) is 11.8 Å². The van der Waals surface area contributed by atoms with Crippen molar-refractivity contribution in [2.45, 2.75) is 98.4 Å². The second-order valence-electron chi connectivity index (χ2n) is 14.1. The van der Waals surface area contributed by atoms with Gasteiger partial charge in [0.25, 0.3) is 0 Å². The molecule has 3 amide bonds. The van der Waals surface area contributed by atoms with Gasteiger partial charge in [0, 0.05) is 45.1 Å². The standard InChI is InChI=1S/C37H55F2N3O7/c1-23(2)26(19-34(44)41-31-20-28(39)14-15-33(31)48-17-9-16-47-8)18-30(42-36(46)49-37(5,6)7)32(43)21-29(24(3)4)35(45)40-22-25-10-12-27(38)13-11-25/h10-15,20,23-24,26,29-30,32,43H,9,16-19,21-22H2,1-8H3,(H,40,45)(H,41,44)(H,42,46)/t26-,29+,30+,32+/m1/s1. The van der Waals surface area contributed by atoms with Gasteiger partial charge in [0.15, 0.2) is 0 Å². The van der Waals surface area contributed by atoms with Crippen LogP contribution in [0.25, 0.3) is 0 Å². The molecule has 2 rings (SSSR count). The van der Waals surface area contributed by atoms with Crippen molar-refractivity contribution < 1.29 is 42.5 Å². The van der Waals surface area contributed by atoms with Crippen LogP contribution in [-0.4, -0.2) is 61.1 Å². The minimum Gasteiger partial charge on any atom is -0.491 e. The molecule has 0 unspecified atom stereocenters. The summed E-state index contributed by atoms with van der Waals surface area (Å²) in [6.45, 7) is 13.8. The number of hydrogen-bond donors (Lipinski definition) is 4. The third-order valence-corrected chi connectivity index (χ3v) is 8.10. The summed E-state index contributed by atoms with van der Waals surface area (Å²) in [6.07, 6.45) is -1.08. The number of methoxy groups -OCH3 is 1. The summed E-state index contributed by atoms with van der Waals surface area (Å²) >= 11 is 0. The molecule has 10 nitrogen and oxygen atoms in total. The van der Waals surface area contributed by atoms with E-state index >= 15 is 0 Å². The van der Waals surface area contributed by atoms with E-state index in [4.69, 9.17) is 14.2 Å². The lowest BCUT2D eigenvalue weighted by Crippen LogP contribution is -2.48. The molecule has 0 aliphatic carbocycles. The zero-order chi connectivity index (χ0) is 36.7. The van der Waals surface area contributed by atoms with E-state index in [0.717, 1.165) is 5.56 Å². The molecule has 2 aromatic rings. The number of aliphatic hydroxyl groups is 1. The van der Waals surface area contributed by atoms with Crippen LogP contribution in [-0.2, 0) is 25.6 Å². The average molecular weight is 692 g/mol. The first-order chi connectivity index (χ1) is 23.0.